The summed E-state index contributed by atoms with van der Waals surface area (Å²) in [5.41, 5.74) is 0.815. The van der Waals surface area contributed by atoms with Crippen LogP contribution in [0.1, 0.15) is 0 Å². The molecule has 19 heavy (non-hydrogen) atoms. The van der Waals surface area contributed by atoms with Crippen molar-refractivity contribution < 1.29 is 17.6 Å². The third-order valence-electron chi connectivity index (χ3n) is 3.12. The molecule has 1 aliphatic heterocycles. The van der Waals surface area contributed by atoms with Gasteiger partial charge in [0.15, 0.2) is 5.58 Å². The van der Waals surface area contributed by atoms with Gasteiger partial charge in [0.05, 0.1) is 17.0 Å². The molecule has 0 amide bonds. The van der Waals surface area contributed by atoms with Crippen LogP contribution in [0.4, 0.5) is 0 Å². The Kier molecular flexibility index (Phi) is 2.73. The molecule has 102 valence electrons. The lowest BCUT2D eigenvalue weighted by Crippen LogP contribution is -2.28. The van der Waals surface area contributed by atoms with Gasteiger partial charge in [-0.05, 0) is 12.1 Å². The van der Waals surface area contributed by atoms with Crippen LogP contribution in [0.25, 0.3) is 11.1 Å². The Balaban J connectivity index is 2.13. The van der Waals surface area contributed by atoms with Gasteiger partial charge in [-0.25, -0.2) is 13.2 Å². The summed E-state index contributed by atoms with van der Waals surface area (Å²) in [6, 6.07) is 4.39. The zero-order valence-corrected chi connectivity index (χ0v) is 11.0. The summed E-state index contributed by atoms with van der Waals surface area (Å²) in [5.74, 6) is -0.519. The smallest absolute Gasteiger partial charge is 0.408 e. The molecule has 1 aromatic carbocycles. The average Bonchev–Trinajstić information content (AvgIpc) is 2.99. The first-order valence-electron chi connectivity index (χ1n) is 5.67. The lowest BCUT2D eigenvalue weighted by Gasteiger charge is -2.13. The fourth-order valence-corrected chi connectivity index (χ4v) is 3.33. The molecule has 0 saturated carbocycles. The van der Waals surface area contributed by atoms with Crippen LogP contribution >= 0.6 is 0 Å². The molecule has 0 spiro atoms. The summed E-state index contributed by atoms with van der Waals surface area (Å²) in [4.78, 5) is 11.5. The normalized spacial score (nSPS) is 17.3. The zero-order valence-electron chi connectivity index (χ0n) is 10.2. The Morgan fingerprint density at radius 2 is 2.11 bits per heavy atom. The Labute approximate surface area is 109 Å². The van der Waals surface area contributed by atoms with E-state index in [1.807, 2.05) is 0 Å². The van der Waals surface area contributed by atoms with Gasteiger partial charge in [0.1, 0.15) is 6.73 Å². The Hall–Kier alpha value is -1.64. The highest BCUT2D eigenvalue weighted by Gasteiger charge is 2.28. The van der Waals surface area contributed by atoms with Crippen molar-refractivity contribution in [3.63, 3.8) is 0 Å². The van der Waals surface area contributed by atoms with Crippen LogP contribution in [0, 0.1) is 0 Å². The summed E-state index contributed by atoms with van der Waals surface area (Å²) < 4.78 is 37.2. The first-order chi connectivity index (χ1) is 9.00. The predicted octanol–water partition coefficient (Wildman–Crippen LogP) is 0.110. The molecule has 0 aliphatic carbocycles. The van der Waals surface area contributed by atoms with E-state index in [1.165, 1.54) is 21.0 Å². The number of rotatable bonds is 2. The number of ether oxygens (including phenoxy) is 1. The topological polar surface area (TPSA) is 81.8 Å². The van der Waals surface area contributed by atoms with Crippen LogP contribution in [-0.2, 0) is 21.8 Å². The minimum absolute atomic E-state index is 0.0547. The number of nitrogens with zero attached hydrogens (tertiary/aromatic N) is 2. The molecule has 1 fully saturated rings. The lowest BCUT2D eigenvalue weighted by atomic mass is 10.3. The fraction of sp³-hybridized carbons (Fsp3) is 0.364. The van der Waals surface area contributed by atoms with Crippen molar-refractivity contribution in [3.8, 4) is 0 Å². The summed E-state index contributed by atoms with van der Waals surface area (Å²) in [5, 5.41) is 0. The van der Waals surface area contributed by atoms with E-state index in [0.29, 0.717) is 18.7 Å². The number of hydrogen-bond acceptors (Lipinski definition) is 5. The van der Waals surface area contributed by atoms with Crippen LogP contribution < -0.4 is 5.76 Å². The quantitative estimate of drug-likeness (QED) is 0.781. The molecule has 0 bridgehead atoms. The molecule has 3 rings (SSSR count). The van der Waals surface area contributed by atoms with E-state index >= 15 is 0 Å². The third kappa shape index (κ3) is 1.88. The fourth-order valence-electron chi connectivity index (χ4n) is 2.01. The molecule has 0 N–H and O–H groups in total. The number of oxazole rings is 1. The van der Waals surface area contributed by atoms with Crippen molar-refractivity contribution in [2.75, 3.05) is 19.9 Å². The Bertz CT molecular complexity index is 783. The highest BCUT2D eigenvalue weighted by Crippen LogP contribution is 2.22. The first-order valence-corrected chi connectivity index (χ1v) is 7.11. The molecule has 0 radical (unpaired) electrons. The van der Waals surface area contributed by atoms with Crippen molar-refractivity contribution in [3.05, 3.63) is 28.7 Å². The van der Waals surface area contributed by atoms with E-state index in [9.17, 15) is 13.2 Å². The van der Waals surface area contributed by atoms with Gasteiger partial charge in [-0.2, -0.15) is 4.31 Å². The third-order valence-corrected chi connectivity index (χ3v) is 4.94. The van der Waals surface area contributed by atoms with E-state index in [0.717, 1.165) is 0 Å². The molecule has 7 nitrogen and oxygen atoms in total. The summed E-state index contributed by atoms with van der Waals surface area (Å²) in [7, 11) is -2.03. The largest absolute Gasteiger partial charge is 0.419 e. The SMILES string of the molecule is Cn1c(=O)oc2cc(S(=O)(=O)N3CCOC3)ccc21. The van der Waals surface area contributed by atoms with Crippen LogP contribution in [0.5, 0.6) is 0 Å². The van der Waals surface area contributed by atoms with Gasteiger partial charge in [0.2, 0.25) is 10.0 Å². The molecule has 1 aromatic heterocycles. The Morgan fingerprint density at radius 3 is 2.79 bits per heavy atom. The number of hydrogen-bond donors (Lipinski definition) is 0. The molecule has 1 aliphatic rings. The number of aromatic nitrogens is 1. The monoisotopic (exact) mass is 284 g/mol. The highest BCUT2D eigenvalue weighted by molar-refractivity contribution is 7.89. The maximum atomic E-state index is 12.3. The van der Waals surface area contributed by atoms with Crippen molar-refractivity contribution in [1.29, 1.82) is 0 Å². The molecular formula is C11H12N2O5S. The summed E-state index contributed by atoms with van der Waals surface area (Å²) in [6.45, 7) is 0.778. The number of benzene rings is 1. The van der Waals surface area contributed by atoms with Crippen molar-refractivity contribution >= 4 is 21.1 Å². The Morgan fingerprint density at radius 1 is 1.32 bits per heavy atom. The minimum atomic E-state index is -3.60. The van der Waals surface area contributed by atoms with E-state index < -0.39 is 15.8 Å². The standard InChI is InChI=1S/C11H12N2O5S/c1-12-9-3-2-8(6-10(9)18-11(12)14)19(15,16)13-4-5-17-7-13/h2-3,6H,4-5,7H2,1H3. The van der Waals surface area contributed by atoms with E-state index in [-0.39, 0.29) is 17.2 Å². The minimum Gasteiger partial charge on any atom is -0.408 e. The van der Waals surface area contributed by atoms with E-state index in [2.05, 4.69) is 0 Å². The molecule has 2 heterocycles. The lowest BCUT2D eigenvalue weighted by molar-refractivity contribution is 0.172. The summed E-state index contributed by atoms with van der Waals surface area (Å²) >= 11 is 0. The number of fused-ring (bicyclic) bond motifs is 1. The average molecular weight is 284 g/mol. The maximum absolute atomic E-state index is 12.3. The summed E-state index contributed by atoms with van der Waals surface area (Å²) in [6.07, 6.45) is 0. The van der Waals surface area contributed by atoms with Crippen LogP contribution in [0.15, 0.2) is 32.3 Å². The van der Waals surface area contributed by atoms with E-state index in [1.54, 1.807) is 13.1 Å². The molecule has 1 saturated heterocycles. The van der Waals surface area contributed by atoms with Crippen LogP contribution in [0.3, 0.4) is 0 Å². The van der Waals surface area contributed by atoms with Gasteiger partial charge in [-0.15, -0.1) is 0 Å². The van der Waals surface area contributed by atoms with Gasteiger partial charge >= 0.3 is 5.76 Å². The molecule has 2 aromatic rings. The van der Waals surface area contributed by atoms with Gasteiger partial charge in [-0.1, -0.05) is 0 Å². The second kappa shape index (κ2) is 4.19. The number of sulfonamides is 1. The molecule has 0 atom stereocenters. The van der Waals surface area contributed by atoms with Crippen molar-refractivity contribution in [2.45, 2.75) is 4.90 Å². The molecule has 8 heteroatoms. The van der Waals surface area contributed by atoms with Crippen LogP contribution in [0.2, 0.25) is 0 Å². The predicted molar refractivity (Wildman–Crippen MR) is 66.2 cm³/mol. The first kappa shape index (κ1) is 12.4. The van der Waals surface area contributed by atoms with Gasteiger partial charge < -0.3 is 9.15 Å². The maximum Gasteiger partial charge on any atom is 0.419 e. The molecule has 0 unspecified atom stereocenters. The second-order valence-corrected chi connectivity index (χ2v) is 6.21. The van der Waals surface area contributed by atoms with Gasteiger partial charge in [0.25, 0.3) is 0 Å². The zero-order chi connectivity index (χ0) is 13.6. The van der Waals surface area contributed by atoms with E-state index in [4.69, 9.17) is 9.15 Å². The van der Waals surface area contributed by atoms with Crippen molar-refractivity contribution in [1.82, 2.24) is 8.87 Å². The highest BCUT2D eigenvalue weighted by atomic mass is 32.2. The molecular weight excluding hydrogens is 272 g/mol. The van der Waals surface area contributed by atoms with Crippen LogP contribution in [-0.4, -0.2) is 37.2 Å². The van der Waals surface area contributed by atoms with Gasteiger partial charge in [-0.3, -0.25) is 4.57 Å². The van der Waals surface area contributed by atoms with Crippen molar-refractivity contribution in [2.24, 2.45) is 7.05 Å². The van der Waals surface area contributed by atoms with Gasteiger partial charge in [0, 0.05) is 19.7 Å². The second-order valence-electron chi connectivity index (χ2n) is 4.27. The number of aryl methyl sites for hydroxylation is 1.